The first-order valence-electron chi connectivity index (χ1n) is 9.21. The molecule has 0 aromatic rings. The summed E-state index contributed by atoms with van der Waals surface area (Å²) in [6.45, 7) is 9.16. The summed E-state index contributed by atoms with van der Waals surface area (Å²) in [5, 5.41) is 11.0. The van der Waals surface area contributed by atoms with E-state index in [0.717, 1.165) is 25.7 Å². The van der Waals surface area contributed by atoms with Crippen LogP contribution in [0.15, 0.2) is 11.1 Å². The Morgan fingerprint density at radius 3 is 2.64 bits per heavy atom. The molecule has 2 saturated carbocycles. The minimum absolute atomic E-state index is 0.125. The first-order chi connectivity index (χ1) is 10.3. The Morgan fingerprint density at radius 2 is 1.91 bits per heavy atom. The van der Waals surface area contributed by atoms with Gasteiger partial charge in [-0.15, -0.1) is 0 Å². The molecule has 2 bridgehead atoms. The van der Waals surface area contributed by atoms with E-state index in [-0.39, 0.29) is 28.8 Å². The Hall–Kier alpha value is -0.630. The average Bonchev–Trinajstić information content (AvgIpc) is 2.68. The lowest BCUT2D eigenvalue weighted by Crippen LogP contribution is -2.55. The summed E-state index contributed by atoms with van der Waals surface area (Å²) < 4.78 is 0. The van der Waals surface area contributed by atoms with Crippen LogP contribution in [0.25, 0.3) is 0 Å². The maximum Gasteiger partial charge on any atom is 0.143 e. The summed E-state index contributed by atoms with van der Waals surface area (Å²) >= 11 is 0. The van der Waals surface area contributed by atoms with Gasteiger partial charge in [-0.05, 0) is 55.8 Å². The summed E-state index contributed by atoms with van der Waals surface area (Å²) in [6, 6.07) is 0. The largest absolute Gasteiger partial charge is 0.392 e. The van der Waals surface area contributed by atoms with Gasteiger partial charge in [0.15, 0.2) is 0 Å². The summed E-state index contributed by atoms with van der Waals surface area (Å²) in [6.07, 6.45) is 6.25. The van der Waals surface area contributed by atoms with Crippen LogP contribution in [-0.4, -0.2) is 17.0 Å². The first-order valence-corrected chi connectivity index (χ1v) is 9.21. The van der Waals surface area contributed by atoms with E-state index in [9.17, 15) is 9.90 Å². The normalized spacial score (nSPS) is 49.9. The zero-order valence-electron chi connectivity index (χ0n) is 14.5. The van der Waals surface area contributed by atoms with Gasteiger partial charge in [0.05, 0.1) is 6.10 Å². The van der Waals surface area contributed by atoms with E-state index in [1.807, 2.05) is 0 Å². The Bertz CT molecular complexity index is 558. The van der Waals surface area contributed by atoms with Crippen LogP contribution < -0.4 is 0 Å². The van der Waals surface area contributed by atoms with E-state index in [4.69, 9.17) is 0 Å². The SMILES string of the molecule is CC1C(=O)C2CC1CC1=C2C2(C)C(O)CCC(C)(C)C2CC1. The molecule has 0 aromatic heterocycles. The number of hydrogen-bond acceptors (Lipinski definition) is 2. The number of allylic oxidation sites excluding steroid dienone is 1. The Kier molecular flexibility index (Phi) is 3.03. The number of fused-ring (bicyclic) bond motifs is 5. The maximum absolute atomic E-state index is 12.8. The van der Waals surface area contributed by atoms with Crippen molar-refractivity contribution < 1.29 is 9.90 Å². The van der Waals surface area contributed by atoms with Gasteiger partial charge in [0.25, 0.3) is 0 Å². The standard InChI is InChI=1S/C20H30O2/c1-11-13-9-12-5-6-15-19(2,3)8-7-16(21)20(15,4)17(12)14(10-13)18(11)22/h11,13-16,21H,5-10H2,1-4H3. The number of carbonyl (C=O) groups is 1. The lowest BCUT2D eigenvalue weighted by Gasteiger charge is -2.59. The van der Waals surface area contributed by atoms with Gasteiger partial charge in [-0.3, -0.25) is 4.79 Å². The second kappa shape index (κ2) is 4.47. The highest BCUT2D eigenvalue weighted by atomic mass is 16.3. The summed E-state index contributed by atoms with van der Waals surface area (Å²) in [7, 11) is 0. The number of rotatable bonds is 0. The minimum Gasteiger partial charge on any atom is -0.392 e. The molecule has 2 nitrogen and oxygen atoms in total. The smallest absolute Gasteiger partial charge is 0.143 e. The van der Waals surface area contributed by atoms with Crippen LogP contribution >= 0.6 is 0 Å². The molecule has 4 rings (SSSR count). The third kappa shape index (κ3) is 1.68. The number of carbonyl (C=O) groups excluding carboxylic acids is 1. The van der Waals surface area contributed by atoms with Crippen LogP contribution in [0, 0.1) is 34.5 Å². The van der Waals surface area contributed by atoms with Gasteiger partial charge < -0.3 is 5.11 Å². The van der Waals surface area contributed by atoms with Crippen LogP contribution in [0.5, 0.6) is 0 Å². The highest BCUT2D eigenvalue weighted by molar-refractivity contribution is 5.89. The van der Waals surface area contributed by atoms with Crippen LogP contribution in [0.1, 0.15) is 66.2 Å². The van der Waals surface area contributed by atoms with E-state index in [0.29, 0.717) is 17.6 Å². The Balaban J connectivity index is 1.85. The summed E-state index contributed by atoms with van der Waals surface area (Å²) in [5.74, 6) is 1.91. The molecule has 22 heavy (non-hydrogen) atoms. The third-order valence-electron chi connectivity index (χ3n) is 8.01. The predicted octanol–water partition coefficient (Wildman–Crippen LogP) is 4.13. The van der Waals surface area contributed by atoms with Crippen LogP contribution in [0.3, 0.4) is 0 Å². The van der Waals surface area contributed by atoms with Gasteiger partial charge in [0.2, 0.25) is 0 Å². The molecular weight excluding hydrogens is 272 g/mol. The van der Waals surface area contributed by atoms with Crippen molar-refractivity contribution in [1.29, 1.82) is 0 Å². The molecule has 4 aliphatic carbocycles. The molecule has 2 fully saturated rings. The molecule has 0 saturated heterocycles. The van der Waals surface area contributed by atoms with E-state index in [1.54, 1.807) is 5.57 Å². The first kappa shape index (κ1) is 14.9. The van der Waals surface area contributed by atoms with Crippen molar-refractivity contribution in [2.24, 2.45) is 34.5 Å². The molecule has 0 radical (unpaired) electrons. The third-order valence-corrected chi connectivity index (χ3v) is 8.01. The molecule has 122 valence electrons. The number of ketones is 1. The number of aliphatic hydroxyl groups excluding tert-OH is 1. The van der Waals surface area contributed by atoms with Gasteiger partial charge in [-0.1, -0.05) is 38.8 Å². The molecule has 2 heteroatoms. The zero-order chi connectivity index (χ0) is 15.9. The molecule has 6 unspecified atom stereocenters. The van der Waals surface area contributed by atoms with Crippen LogP contribution in [0.2, 0.25) is 0 Å². The Morgan fingerprint density at radius 1 is 1.18 bits per heavy atom. The van der Waals surface area contributed by atoms with Crippen molar-refractivity contribution in [2.75, 3.05) is 0 Å². The Labute approximate surface area is 134 Å². The molecule has 0 aromatic carbocycles. The molecular formula is C20H30O2. The van der Waals surface area contributed by atoms with Gasteiger partial charge in [-0.2, -0.15) is 0 Å². The molecule has 6 atom stereocenters. The fraction of sp³-hybridized carbons (Fsp3) is 0.850. The fourth-order valence-electron chi connectivity index (χ4n) is 6.76. The van der Waals surface area contributed by atoms with Gasteiger partial charge in [-0.25, -0.2) is 0 Å². The van der Waals surface area contributed by atoms with E-state index < -0.39 is 0 Å². The molecule has 0 heterocycles. The fourth-order valence-corrected chi connectivity index (χ4v) is 6.76. The van der Waals surface area contributed by atoms with Crippen molar-refractivity contribution in [1.82, 2.24) is 0 Å². The van der Waals surface area contributed by atoms with Crippen LogP contribution in [0.4, 0.5) is 0 Å². The molecule has 0 aliphatic heterocycles. The van der Waals surface area contributed by atoms with Gasteiger partial charge in [0, 0.05) is 17.3 Å². The number of hydrogen-bond donors (Lipinski definition) is 1. The molecule has 0 amide bonds. The maximum atomic E-state index is 12.8. The average molecular weight is 302 g/mol. The number of Topliss-reactive ketones (excluding diaryl/α,β-unsaturated/α-hetero) is 1. The molecule has 4 aliphatic rings. The van der Waals surface area contributed by atoms with E-state index in [1.165, 1.54) is 18.4 Å². The van der Waals surface area contributed by atoms with Crippen molar-refractivity contribution in [2.45, 2.75) is 72.3 Å². The molecule has 0 spiro atoms. The summed E-state index contributed by atoms with van der Waals surface area (Å²) in [5.41, 5.74) is 3.06. The lowest BCUT2D eigenvalue weighted by molar-refractivity contribution is -0.125. The van der Waals surface area contributed by atoms with Crippen molar-refractivity contribution in [3.8, 4) is 0 Å². The second-order valence-corrected chi connectivity index (χ2v) is 9.38. The summed E-state index contributed by atoms with van der Waals surface area (Å²) in [4.78, 5) is 12.8. The van der Waals surface area contributed by atoms with Gasteiger partial charge in [0.1, 0.15) is 5.78 Å². The highest BCUT2D eigenvalue weighted by Crippen LogP contribution is 2.65. The molecule has 1 N–H and O–H groups in total. The van der Waals surface area contributed by atoms with E-state index >= 15 is 0 Å². The minimum atomic E-state index is -0.268. The lowest BCUT2D eigenvalue weighted by atomic mass is 9.47. The van der Waals surface area contributed by atoms with Gasteiger partial charge >= 0.3 is 0 Å². The highest BCUT2D eigenvalue weighted by Gasteiger charge is 2.60. The monoisotopic (exact) mass is 302 g/mol. The van der Waals surface area contributed by atoms with Crippen LogP contribution in [-0.2, 0) is 4.79 Å². The quantitative estimate of drug-likeness (QED) is 0.683. The predicted molar refractivity (Wildman–Crippen MR) is 87.3 cm³/mol. The second-order valence-electron chi connectivity index (χ2n) is 9.38. The van der Waals surface area contributed by atoms with E-state index in [2.05, 4.69) is 27.7 Å². The topological polar surface area (TPSA) is 37.3 Å². The van der Waals surface area contributed by atoms with Crippen molar-refractivity contribution >= 4 is 5.78 Å². The van der Waals surface area contributed by atoms with Crippen molar-refractivity contribution in [3.63, 3.8) is 0 Å². The van der Waals surface area contributed by atoms with Crippen molar-refractivity contribution in [3.05, 3.63) is 11.1 Å². The number of aliphatic hydroxyl groups is 1. The zero-order valence-corrected chi connectivity index (χ0v) is 14.5.